The lowest BCUT2D eigenvalue weighted by molar-refractivity contribution is -0.385. The number of aryl methyl sites for hydroxylation is 2. The third kappa shape index (κ3) is 2.31. The van der Waals surface area contributed by atoms with Crippen LogP contribution in [0.1, 0.15) is 16.3 Å². The normalized spacial score (nSPS) is 11.1. The fourth-order valence-electron chi connectivity index (χ4n) is 2.08. The van der Waals surface area contributed by atoms with Gasteiger partial charge in [-0.05, 0) is 19.4 Å². The van der Waals surface area contributed by atoms with Gasteiger partial charge in [0.15, 0.2) is 5.82 Å². The molecule has 0 aliphatic rings. The highest BCUT2D eigenvalue weighted by molar-refractivity contribution is 7.18. The molecule has 2 N–H and O–H groups in total. The van der Waals surface area contributed by atoms with Crippen molar-refractivity contribution in [2.24, 2.45) is 0 Å². The maximum Gasteiger partial charge on any atom is 0.307 e. The van der Waals surface area contributed by atoms with Gasteiger partial charge in [-0.3, -0.25) is 14.8 Å². The number of rotatable bonds is 3. The molecule has 21 heavy (non-hydrogen) atoms. The van der Waals surface area contributed by atoms with Crippen LogP contribution < -0.4 is 5.73 Å². The van der Waals surface area contributed by atoms with Crippen molar-refractivity contribution in [1.29, 1.82) is 0 Å². The second-order valence-electron chi connectivity index (χ2n) is 4.64. The molecule has 0 atom stereocenters. The molecule has 8 nitrogen and oxygen atoms in total. The van der Waals surface area contributed by atoms with E-state index in [-0.39, 0.29) is 12.2 Å². The summed E-state index contributed by atoms with van der Waals surface area (Å²) in [6.45, 7) is 4.24. The Bertz CT molecular complexity index is 853. The number of hydrogen-bond acceptors (Lipinski definition) is 7. The van der Waals surface area contributed by atoms with Crippen molar-refractivity contribution in [3.8, 4) is 0 Å². The summed E-state index contributed by atoms with van der Waals surface area (Å²) in [5.41, 5.74) is 7.02. The molecule has 0 saturated carbocycles. The Morgan fingerprint density at radius 3 is 2.86 bits per heavy atom. The van der Waals surface area contributed by atoms with E-state index >= 15 is 0 Å². The van der Waals surface area contributed by atoms with Crippen molar-refractivity contribution in [3.05, 3.63) is 38.8 Å². The van der Waals surface area contributed by atoms with Gasteiger partial charge in [-0.15, -0.1) is 11.3 Å². The Labute approximate surface area is 123 Å². The first-order valence-electron chi connectivity index (χ1n) is 6.14. The van der Waals surface area contributed by atoms with Crippen LogP contribution in [0.3, 0.4) is 0 Å². The van der Waals surface area contributed by atoms with Crippen molar-refractivity contribution in [1.82, 2.24) is 19.7 Å². The number of nitrogens with two attached hydrogens (primary N) is 1. The predicted octanol–water partition coefficient (Wildman–Crippen LogP) is 2.04. The van der Waals surface area contributed by atoms with Crippen LogP contribution in [0.15, 0.2) is 12.4 Å². The van der Waals surface area contributed by atoms with E-state index in [1.807, 2.05) is 13.8 Å². The quantitative estimate of drug-likeness (QED) is 0.585. The predicted molar refractivity (Wildman–Crippen MR) is 79.3 cm³/mol. The highest BCUT2D eigenvalue weighted by Gasteiger charge is 2.14. The highest BCUT2D eigenvalue weighted by atomic mass is 32.1. The number of nitrogen functional groups attached to an aromatic ring is 1. The van der Waals surface area contributed by atoms with Crippen LogP contribution >= 0.6 is 11.3 Å². The van der Waals surface area contributed by atoms with Crippen LogP contribution in [-0.2, 0) is 6.54 Å². The van der Waals surface area contributed by atoms with E-state index in [9.17, 15) is 10.1 Å². The lowest BCUT2D eigenvalue weighted by atomic mass is 10.2. The Kier molecular flexibility index (Phi) is 3.05. The first-order chi connectivity index (χ1) is 9.95. The number of fused-ring (bicyclic) bond motifs is 1. The van der Waals surface area contributed by atoms with Gasteiger partial charge in [0.05, 0.1) is 10.3 Å². The van der Waals surface area contributed by atoms with Gasteiger partial charge in [0.2, 0.25) is 0 Å². The summed E-state index contributed by atoms with van der Waals surface area (Å²) in [6, 6.07) is 0. The zero-order valence-electron chi connectivity index (χ0n) is 11.4. The van der Waals surface area contributed by atoms with Crippen molar-refractivity contribution < 1.29 is 4.92 Å². The molecule has 0 spiro atoms. The van der Waals surface area contributed by atoms with E-state index in [0.717, 1.165) is 20.7 Å². The average Bonchev–Trinajstić information content (AvgIpc) is 2.96. The SMILES string of the molecule is Cc1sc2nc(Cn3cc([N+](=O)[O-])cn3)nc(N)c2c1C. The molecule has 3 aromatic heterocycles. The minimum atomic E-state index is -0.492. The first-order valence-corrected chi connectivity index (χ1v) is 6.96. The third-order valence-corrected chi connectivity index (χ3v) is 4.34. The van der Waals surface area contributed by atoms with Crippen molar-refractivity contribution in [2.75, 3.05) is 5.73 Å². The maximum absolute atomic E-state index is 10.6. The van der Waals surface area contributed by atoms with Crippen LogP contribution in [0, 0.1) is 24.0 Å². The number of thiophene rings is 1. The molecule has 3 aromatic rings. The van der Waals surface area contributed by atoms with Crippen molar-refractivity contribution in [2.45, 2.75) is 20.4 Å². The smallest absolute Gasteiger partial charge is 0.307 e. The molecule has 3 heterocycles. The summed E-state index contributed by atoms with van der Waals surface area (Å²) in [4.78, 5) is 20.9. The summed E-state index contributed by atoms with van der Waals surface area (Å²) in [5, 5.41) is 15.4. The summed E-state index contributed by atoms with van der Waals surface area (Å²) in [7, 11) is 0. The Balaban J connectivity index is 1.99. The molecular formula is C12H12N6O2S. The number of nitro groups is 1. The van der Waals surface area contributed by atoms with Gasteiger partial charge < -0.3 is 5.73 Å². The van der Waals surface area contributed by atoms with E-state index in [2.05, 4.69) is 15.1 Å². The first kappa shape index (κ1) is 13.4. The number of anilines is 1. The standard InChI is InChI=1S/C12H12N6O2S/c1-6-7(2)21-12-10(6)11(13)15-9(16-12)5-17-4-8(3-14-17)18(19)20/h3-4H,5H2,1-2H3,(H2,13,15,16). The van der Waals surface area contributed by atoms with E-state index in [1.165, 1.54) is 17.1 Å². The van der Waals surface area contributed by atoms with E-state index in [0.29, 0.717) is 11.6 Å². The molecule has 0 aliphatic carbocycles. The average molecular weight is 304 g/mol. The number of aromatic nitrogens is 4. The summed E-state index contributed by atoms with van der Waals surface area (Å²) < 4.78 is 1.42. The van der Waals surface area contributed by atoms with Crippen LogP contribution in [-0.4, -0.2) is 24.7 Å². The Morgan fingerprint density at radius 1 is 1.43 bits per heavy atom. The van der Waals surface area contributed by atoms with Gasteiger partial charge in [0.1, 0.15) is 29.6 Å². The molecule has 9 heteroatoms. The lowest BCUT2D eigenvalue weighted by Gasteiger charge is -2.03. The Hall–Kier alpha value is -2.55. The maximum atomic E-state index is 10.6. The van der Waals surface area contributed by atoms with Gasteiger partial charge >= 0.3 is 5.69 Å². The van der Waals surface area contributed by atoms with Crippen LogP contribution in [0.2, 0.25) is 0 Å². The van der Waals surface area contributed by atoms with Gasteiger partial charge in [-0.1, -0.05) is 0 Å². The van der Waals surface area contributed by atoms with Gasteiger partial charge in [0.25, 0.3) is 0 Å². The van der Waals surface area contributed by atoms with Crippen LogP contribution in [0.5, 0.6) is 0 Å². The van der Waals surface area contributed by atoms with Crippen molar-refractivity contribution in [3.63, 3.8) is 0 Å². The molecule has 0 amide bonds. The highest BCUT2D eigenvalue weighted by Crippen LogP contribution is 2.31. The molecule has 0 fully saturated rings. The Morgan fingerprint density at radius 2 is 2.19 bits per heavy atom. The van der Waals surface area contributed by atoms with E-state index in [4.69, 9.17) is 5.73 Å². The van der Waals surface area contributed by atoms with Crippen LogP contribution in [0.4, 0.5) is 11.5 Å². The monoisotopic (exact) mass is 304 g/mol. The summed E-state index contributed by atoms with van der Waals surface area (Å²) in [6.07, 6.45) is 2.54. The van der Waals surface area contributed by atoms with E-state index < -0.39 is 4.92 Å². The topological polar surface area (TPSA) is 113 Å². The number of hydrogen-bond donors (Lipinski definition) is 1. The van der Waals surface area contributed by atoms with Gasteiger partial charge in [-0.2, -0.15) is 5.10 Å². The molecule has 3 rings (SSSR count). The van der Waals surface area contributed by atoms with E-state index in [1.54, 1.807) is 11.3 Å². The molecule has 0 saturated heterocycles. The van der Waals surface area contributed by atoms with Gasteiger partial charge in [0, 0.05) is 4.88 Å². The second kappa shape index (κ2) is 4.77. The second-order valence-corrected chi connectivity index (χ2v) is 5.84. The third-order valence-electron chi connectivity index (χ3n) is 3.24. The van der Waals surface area contributed by atoms with Crippen LogP contribution in [0.25, 0.3) is 10.2 Å². The molecular weight excluding hydrogens is 292 g/mol. The number of nitrogens with zero attached hydrogens (tertiary/aromatic N) is 5. The molecule has 0 unspecified atom stereocenters. The lowest BCUT2D eigenvalue weighted by Crippen LogP contribution is -2.06. The zero-order valence-corrected chi connectivity index (χ0v) is 12.2. The fraction of sp³-hybridized carbons (Fsp3) is 0.250. The molecule has 0 aromatic carbocycles. The molecule has 0 bridgehead atoms. The zero-order chi connectivity index (χ0) is 15.1. The molecule has 108 valence electrons. The fourth-order valence-corrected chi connectivity index (χ4v) is 3.13. The van der Waals surface area contributed by atoms with Gasteiger partial charge in [-0.25, -0.2) is 9.97 Å². The van der Waals surface area contributed by atoms with Crippen molar-refractivity contribution >= 4 is 33.1 Å². The molecule has 0 aliphatic heterocycles. The summed E-state index contributed by atoms with van der Waals surface area (Å²) >= 11 is 1.56. The molecule has 0 radical (unpaired) electrons. The minimum absolute atomic E-state index is 0.0631. The summed E-state index contributed by atoms with van der Waals surface area (Å²) in [5.74, 6) is 0.915. The largest absolute Gasteiger partial charge is 0.383 e. The minimum Gasteiger partial charge on any atom is -0.383 e.